The van der Waals surface area contributed by atoms with Gasteiger partial charge in [-0.25, -0.2) is 0 Å². The molecule has 0 aliphatic carbocycles. The summed E-state index contributed by atoms with van der Waals surface area (Å²) in [6, 6.07) is 142. The maximum atomic E-state index is 3.53. The molecule has 13 rings (SSSR count). The lowest BCUT2D eigenvalue weighted by Crippen LogP contribution is -1.73. The molecule has 0 saturated heterocycles. The highest BCUT2D eigenvalue weighted by atomic mass is 14.0. The Morgan fingerprint density at radius 1 is 0.103 bits per heavy atom. The van der Waals surface area contributed by atoms with Crippen molar-refractivity contribution in [1.82, 2.24) is 0 Å². The third-order valence-corrected chi connectivity index (χ3v) is 13.0. The van der Waals surface area contributed by atoms with Gasteiger partial charge in [0, 0.05) is 129 Å². The van der Waals surface area contributed by atoms with Crippen LogP contribution in [0.2, 0.25) is 0 Å². The summed E-state index contributed by atoms with van der Waals surface area (Å²) in [5.74, 6) is 0. The molecule has 78 heavy (non-hydrogen) atoms. The minimum Gasteiger partial charge on any atom is -0.0609 e. The minimum absolute atomic E-state index is 0.662. The molecule has 0 spiro atoms. The van der Waals surface area contributed by atoms with E-state index in [1.54, 1.807) is 0 Å². The fourth-order valence-corrected chi connectivity index (χ4v) is 8.86. The molecule has 342 valence electrons. The zero-order valence-corrected chi connectivity index (χ0v) is 41.3. The standard InChI is InChI=1S/C78H30/c1-7-19-61-31-37-67-49-73-43-44-75-51-69-39-33-63-21-9-3-15-57(63)27-28-59-17-5-11-23-65(59)35-41-71(69)53-77(75)47-48-78-54-72-42-36-66-24-12-6-18-60(66)30-29-58-16-4-10-22-64(58)34-40-70(72)52-76(78)46-45-74(73)50-68(67)38-32-62-20-8-2-14-56(62)26-25-55(61)13-1/h1-24,49-54H. The highest BCUT2D eigenvalue weighted by Gasteiger charge is 2.01. The summed E-state index contributed by atoms with van der Waals surface area (Å²) >= 11 is 0. The third kappa shape index (κ3) is 9.58. The van der Waals surface area contributed by atoms with E-state index in [1.165, 1.54) is 0 Å². The Balaban J connectivity index is 1.18. The maximum absolute atomic E-state index is 3.53. The largest absolute Gasteiger partial charge is 0.0609 e. The van der Waals surface area contributed by atoms with Crippen LogP contribution in [0, 0.1) is 146 Å². The van der Waals surface area contributed by atoms with Crippen molar-refractivity contribution in [2.24, 2.45) is 0 Å². The van der Waals surface area contributed by atoms with Crippen molar-refractivity contribution in [3.8, 4) is 0 Å². The lowest BCUT2D eigenvalue weighted by molar-refractivity contribution is 1.80. The van der Waals surface area contributed by atoms with Crippen LogP contribution in [0.25, 0.3) is 129 Å². The second-order valence-corrected chi connectivity index (χ2v) is 18.1. The van der Waals surface area contributed by atoms with Crippen molar-refractivity contribution >= 4 is 129 Å². The SMILES string of the molecule is c1c2ccccc2c#cc2cc3c#cc4cc5c#cc6ccccc6c#cc6ccccc6c#cc5cc4c#cc4cc5c#cc6ccccc6c#cc6ccccc6c#cc5cc4c#cc3cc2c#cc2ccccc2c#1. The molecule has 0 N–H and O–H groups in total. The summed E-state index contributed by atoms with van der Waals surface area (Å²) in [7, 11) is 0. The van der Waals surface area contributed by atoms with Crippen LogP contribution >= 0.6 is 0 Å². The Hall–Kier alpha value is -12.3. The smallest absolute Gasteiger partial charge is 0.0419 e. The average Bonchev–Trinajstić information content (AvgIpc) is 3.52. The summed E-state index contributed by atoms with van der Waals surface area (Å²) in [5.41, 5.74) is 0. The average molecular weight is 967 g/mol. The van der Waals surface area contributed by atoms with E-state index in [4.69, 9.17) is 0 Å². The molecule has 0 atom stereocenters. The van der Waals surface area contributed by atoms with Crippen LogP contribution in [0.15, 0.2) is 182 Å². The van der Waals surface area contributed by atoms with Crippen LogP contribution in [0.3, 0.4) is 0 Å². The van der Waals surface area contributed by atoms with Crippen LogP contribution in [-0.4, -0.2) is 0 Å². The molecule has 0 aromatic heterocycles. The first kappa shape index (κ1) is 45.6. The number of fused-ring (bicyclic) bond motifs is 12. The summed E-state index contributed by atoms with van der Waals surface area (Å²) in [5, 5.41) is 18.0. The molecular weight excluding hydrogens is 937 g/mol. The summed E-state index contributed by atoms with van der Waals surface area (Å²) in [6.07, 6.45) is 0. The highest BCUT2D eigenvalue weighted by molar-refractivity contribution is 6.00. The topological polar surface area (TPSA) is 0 Å². The molecule has 0 amide bonds. The quantitative estimate of drug-likeness (QED) is 0.142. The van der Waals surface area contributed by atoms with Crippen molar-refractivity contribution < 1.29 is 0 Å². The molecule has 13 aromatic rings. The third-order valence-electron chi connectivity index (χ3n) is 13.0. The molecule has 0 radical (unpaired) electrons. The van der Waals surface area contributed by atoms with Gasteiger partial charge in [0.15, 0.2) is 0 Å². The summed E-state index contributed by atoms with van der Waals surface area (Å²) in [4.78, 5) is 0. The molecule has 0 heteroatoms. The molecule has 0 fully saturated rings. The summed E-state index contributed by atoms with van der Waals surface area (Å²) < 4.78 is 0. The molecular formula is C78H30. The van der Waals surface area contributed by atoms with Gasteiger partial charge < -0.3 is 0 Å². The first-order valence-electron chi connectivity index (χ1n) is 24.9. The highest BCUT2D eigenvalue weighted by Crippen LogP contribution is 2.23. The van der Waals surface area contributed by atoms with Crippen molar-refractivity contribution in [2.45, 2.75) is 0 Å². The van der Waals surface area contributed by atoms with E-state index in [0.29, 0.717) is 64.6 Å². The van der Waals surface area contributed by atoms with Gasteiger partial charge in [-0.05, 0) is 109 Å². The van der Waals surface area contributed by atoms with Crippen LogP contribution in [-0.2, 0) is 0 Å². The van der Waals surface area contributed by atoms with E-state index in [9.17, 15) is 0 Å². The van der Waals surface area contributed by atoms with Gasteiger partial charge in [-0.3, -0.25) is 0 Å². The molecule has 0 bridgehead atoms. The number of hydrogen-bond acceptors (Lipinski definition) is 0. The van der Waals surface area contributed by atoms with Crippen LogP contribution in [0.4, 0.5) is 0 Å². The second kappa shape index (κ2) is 20.3. The van der Waals surface area contributed by atoms with Gasteiger partial charge in [-0.15, -0.1) is 0 Å². The molecule has 0 aliphatic rings. The fraction of sp³-hybridized carbons (Fsp3) is 0. The van der Waals surface area contributed by atoms with E-state index in [-0.39, 0.29) is 0 Å². The Kier molecular flexibility index (Phi) is 11.9. The predicted molar refractivity (Wildman–Crippen MR) is 314 cm³/mol. The molecule has 0 saturated carbocycles. The number of rotatable bonds is 0. The zero-order chi connectivity index (χ0) is 52.0. The van der Waals surface area contributed by atoms with Gasteiger partial charge in [0.2, 0.25) is 0 Å². The number of hydrogen-bond donors (Lipinski definition) is 0. The minimum atomic E-state index is 0.662. The second-order valence-electron chi connectivity index (χ2n) is 18.1. The van der Waals surface area contributed by atoms with Crippen LogP contribution in [0.1, 0.15) is 0 Å². The van der Waals surface area contributed by atoms with Crippen LogP contribution < -0.4 is 0 Å². The van der Waals surface area contributed by atoms with Gasteiger partial charge in [0.1, 0.15) is 0 Å². The molecule has 0 unspecified atom stereocenters. The van der Waals surface area contributed by atoms with Gasteiger partial charge >= 0.3 is 0 Å². The van der Waals surface area contributed by atoms with Crippen LogP contribution in [0.5, 0.6) is 0 Å². The Bertz CT molecular complexity index is 4170. The van der Waals surface area contributed by atoms with E-state index >= 15 is 0 Å². The normalized spacial score (nSPS) is 9.85. The van der Waals surface area contributed by atoms with Crippen molar-refractivity contribution in [1.29, 1.82) is 0 Å². The Morgan fingerprint density at radius 2 is 0.179 bits per heavy atom. The Labute approximate surface area is 454 Å². The molecule has 0 aliphatic heterocycles. The lowest BCUT2D eigenvalue weighted by atomic mass is 10.1. The van der Waals surface area contributed by atoms with Gasteiger partial charge in [-0.1, -0.05) is 218 Å². The molecule has 13 aromatic carbocycles. The van der Waals surface area contributed by atoms with E-state index in [0.717, 1.165) is 64.6 Å². The zero-order valence-electron chi connectivity index (χ0n) is 41.3. The first-order valence-corrected chi connectivity index (χ1v) is 24.9. The van der Waals surface area contributed by atoms with Gasteiger partial charge in [-0.2, -0.15) is 0 Å². The lowest BCUT2D eigenvalue weighted by Gasteiger charge is -1.94. The van der Waals surface area contributed by atoms with Gasteiger partial charge in [0.25, 0.3) is 0 Å². The van der Waals surface area contributed by atoms with E-state index in [2.05, 4.69) is 146 Å². The molecule has 0 heterocycles. The fourth-order valence-electron chi connectivity index (χ4n) is 8.86. The predicted octanol–water partition coefficient (Wildman–Crippen LogP) is 17.5. The maximum Gasteiger partial charge on any atom is 0.0419 e. The van der Waals surface area contributed by atoms with E-state index in [1.807, 2.05) is 182 Å². The van der Waals surface area contributed by atoms with Crippen molar-refractivity contribution in [3.63, 3.8) is 0 Å². The van der Waals surface area contributed by atoms with Gasteiger partial charge in [0.05, 0.1) is 0 Å². The Morgan fingerprint density at radius 3 is 0.269 bits per heavy atom. The monoisotopic (exact) mass is 966 g/mol. The first-order chi connectivity index (χ1) is 38.6. The number of benzene rings is 9. The molecule has 0 nitrogen and oxygen atoms in total. The van der Waals surface area contributed by atoms with E-state index < -0.39 is 0 Å². The van der Waals surface area contributed by atoms with Crippen molar-refractivity contribution in [3.05, 3.63) is 328 Å². The van der Waals surface area contributed by atoms with Crippen molar-refractivity contribution in [2.75, 3.05) is 0 Å². The summed E-state index contributed by atoms with van der Waals surface area (Å²) in [6.45, 7) is 0.